The number of aliphatic carboxylic acids is 1. The molecule has 0 aliphatic carbocycles. The third-order valence-corrected chi connectivity index (χ3v) is 5.72. The number of imide groups is 1. The number of thioether (sulfide) groups is 1. The van der Waals surface area contributed by atoms with Crippen molar-refractivity contribution in [3.63, 3.8) is 0 Å². The van der Waals surface area contributed by atoms with Crippen molar-refractivity contribution in [1.29, 1.82) is 5.26 Å². The van der Waals surface area contributed by atoms with E-state index in [-0.39, 0.29) is 11.5 Å². The van der Waals surface area contributed by atoms with Crippen LogP contribution in [0.25, 0.3) is 6.08 Å². The van der Waals surface area contributed by atoms with Crippen LogP contribution in [0.1, 0.15) is 16.7 Å². The van der Waals surface area contributed by atoms with Gasteiger partial charge in [0.25, 0.3) is 11.1 Å². The van der Waals surface area contributed by atoms with Crippen LogP contribution >= 0.6 is 27.7 Å². The van der Waals surface area contributed by atoms with Crippen LogP contribution in [-0.2, 0) is 16.2 Å². The SMILES string of the molecule is COc1cc(/C=C2/SC(=O)N(CC(=O)O)C2=O)cc(Br)c1OCc1ccccc1C#N. The Labute approximate surface area is 190 Å². The molecule has 0 spiro atoms. The van der Waals surface area contributed by atoms with E-state index < -0.39 is 23.7 Å². The lowest BCUT2D eigenvalue weighted by Crippen LogP contribution is -2.33. The summed E-state index contributed by atoms with van der Waals surface area (Å²) in [4.78, 5) is 35.9. The molecule has 0 bridgehead atoms. The standard InChI is InChI=1S/C21H15BrN2O6S/c1-29-16-7-12(8-17-20(27)24(10-18(25)26)21(28)31-17)6-15(22)19(16)30-11-14-5-3-2-4-13(14)9-23/h2-8H,10-11H2,1H3,(H,25,26)/b17-8+. The molecule has 3 rings (SSSR count). The molecule has 1 saturated heterocycles. The molecule has 10 heteroatoms. The highest BCUT2D eigenvalue weighted by Crippen LogP contribution is 2.39. The Morgan fingerprint density at radius 1 is 1.32 bits per heavy atom. The monoisotopic (exact) mass is 502 g/mol. The Morgan fingerprint density at radius 2 is 2.06 bits per heavy atom. The molecule has 2 aromatic carbocycles. The van der Waals surface area contributed by atoms with Crippen molar-refractivity contribution < 1.29 is 29.0 Å². The number of halogens is 1. The first kappa shape index (κ1) is 22.4. The van der Waals surface area contributed by atoms with Gasteiger partial charge in [0, 0.05) is 5.56 Å². The molecule has 2 aromatic rings. The van der Waals surface area contributed by atoms with Gasteiger partial charge < -0.3 is 14.6 Å². The number of rotatable bonds is 7. The Balaban J connectivity index is 1.85. The third kappa shape index (κ3) is 5.07. The number of carboxylic acids is 1. The number of hydrogen-bond acceptors (Lipinski definition) is 7. The number of carbonyl (C=O) groups is 3. The molecule has 0 radical (unpaired) electrons. The van der Waals surface area contributed by atoms with Crippen LogP contribution < -0.4 is 9.47 Å². The second kappa shape index (κ2) is 9.68. The zero-order valence-electron chi connectivity index (χ0n) is 16.1. The van der Waals surface area contributed by atoms with E-state index in [2.05, 4.69) is 22.0 Å². The maximum Gasteiger partial charge on any atom is 0.323 e. The van der Waals surface area contributed by atoms with Gasteiger partial charge in [-0.25, -0.2) is 0 Å². The van der Waals surface area contributed by atoms with Gasteiger partial charge in [-0.05, 0) is 57.5 Å². The molecule has 1 fully saturated rings. The molecule has 0 aromatic heterocycles. The summed E-state index contributed by atoms with van der Waals surface area (Å²) in [6.07, 6.45) is 1.48. The highest BCUT2D eigenvalue weighted by Gasteiger charge is 2.36. The van der Waals surface area contributed by atoms with Crippen LogP contribution in [0.15, 0.2) is 45.8 Å². The van der Waals surface area contributed by atoms with Crippen molar-refractivity contribution in [3.8, 4) is 17.6 Å². The number of hydrogen-bond donors (Lipinski definition) is 1. The first-order valence-corrected chi connectivity index (χ1v) is 10.4. The number of nitrogens with zero attached hydrogens (tertiary/aromatic N) is 2. The summed E-state index contributed by atoms with van der Waals surface area (Å²) in [5.74, 6) is -1.15. The Kier molecular flexibility index (Phi) is 6.99. The van der Waals surface area contributed by atoms with Crippen LogP contribution in [0, 0.1) is 11.3 Å². The third-order valence-electron chi connectivity index (χ3n) is 4.23. The predicted molar refractivity (Wildman–Crippen MR) is 116 cm³/mol. The van der Waals surface area contributed by atoms with E-state index in [1.807, 2.05) is 6.07 Å². The van der Waals surface area contributed by atoms with Crippen molar-refractivity contribution in [1.82, 2.24) is 4.90 Å². The minimum absolute atomic E-state index is 0.108. The second-order valence-corrected chi connectivity index (χ2v) is 8.10. The van der Waals surface area contributed by atoms with Crippen molar-refractivity contribution in [2.75, 3.05) is 13.7 Å². The minimum atomic E-state index is -1.27. The molecule has 8 nitrogen and oxygen atoms in total. The number of carbonyl (C=O) groups excluding carboxylic acids is 2. The lowest BCUT2D eigenvalue weighted by molar-refractivity contribution is -0.140. The molecular weight excluding hydrogens is 488 g/mol. The summed E-state index contributed by atoms with van der Waals surface area (Å²) in [5.41, 5.74) is 1.77. The molecule has 0 saturated carbocycles. The van der Waals surface area contributed by atoms with Gasteiger partial charge in [-0.3, -0.25) is 19.3 Å². The number of ether oxygens (including phenoxy) is 2. The van der Waals surface area contributed by atoms with E-state index in [1.54, 1.807) is 30.3 Å². The smallest absolute Gasteiger partial charge is 0.323 e. The summed E-state index contributed by atoms with van der Waals surface area (Å²) in [6.45, 7) is -0.544. The van der Waals surface area contributed by atoms with Gasteiger partial charge in [0.05, 0.1) is 28.1 Å². The molecule has 0 atom stereocenters. The normalized spacial score (nSPS) is 14.6. The number of amides is 2. The number of benzene rings is 2. The van der Waals surface area contributed by atoms with Gasteiger partial charge in [-0.2, -0.15) is 5.26 Å². The quantitative estimate of drug-likeness (QED) is 0.563. The number of carboxylic acid groups (broad SMARTS) is 1. The lowest BCUT2D eigenvalue weighted by Gasteiger charge is -2.14. The van der Waals surface area contributed by atoms with E-state index in [9.17, 15) is 19.6 Å². The predicted octanol–water partition coefficient (Wildman–Crippen LogP) is 4.03. The zero-order valence-corrected chi connectivity index (χ0v) is 18.5. The van der Waals surface area contributed by atoms with E-state index in [0.717, 1.165) is 5.56 Å². The van der Waals surface area contributed by atoms with E-state index >= 15 is 0 Å². The molecule has 31 heavy (non-hydrogen) atoms. The molecule has 0 unspecified atom stereocenters. The van der Waals surface area contributed by atoms with Gasteiger partial charge in [0.15, 0.2) is 11.5 Å². The Morgan fingerprint density at radius 3 is 2.74 bits per heavy atom. The fourth-order valence-electron chi connectivity index (χ4n) is 2.79. The molecule has 158 valence electrons. The lowest BCUT2D eigenvalue weighted by atomic mass is 10.1. The zero-order chi connectivity index (χ0) is 22.5. The Hall–Kier alpha value is -3.29. The maximum absolute atomic E-state index is 12.3. The highest BCUT2D eigenvalue weighted by atomic mass is 79.9. The second-order valence-electron chi connectivity index (χ2n) is 6.25. The molecular formula is C21H15BrN2O6S. The average molecular weight is 503 g/mol. The number of methoxy groups -OCH3 is 1. The molecule has 2 amide bonds. The highest BCUT2D eigenvalue weighted by molar-refractivity contribution is 9.10. The first-order valence-electron chi connectivity index (χ1n) is 8.79. The van der Waals surface area contributed by atoms with Gasteiger partial charge in [0.2, 0.25) is 0 Å². The number of nitriles is 1. The minimum Gasteiger partial charge on any atom is -0.493 e. The summed E-state index contributed by atoms with van der Waals surface area (Å²) < 4.78 is 11.8. The van der Waals surface area contributed by atoms with Crippen LogP contribution in [0.2, 0.25) is 0 Å². The van der Waals surface area contributed by atoms with Crippen LogP contribution in [0.3, 0.4) is 0 Å². The van der Waals surface area contributed by atoms with Crippen molar-refractivity contribution in [3.05, 3.63) is 62.5 Å². The Bertz CT molecular complexity index is 1140. The van der Waals surface area contributed by atoms with E-state index in [4.69, 9.17) is 14.6 Å². The first-order chi connectivity index (χ1) is 14.8. The van der Waals surface area contributed by atoms with Gasteiger partial charge in [0.1, 0.15) is 13.2 Å². The average Bonchev–Trinajstić information content (AvgIpc) is 2.99. The summed E-state index contributed by atoms with van der Waals surface area (Å²) in [7, 11) is 1.46. The maximum atomic E-state index is 12.3. The van der Waals surface area contributed by atoms with E-state index in [0.29, 0.717) is 43.8 Å². The van der Waals surface area contributed by atoms with Crippen molar-refractivity contribution in [2.24, 2.45) is 0 Å². The molecule has 1 heterocycles. The van der Waals surface area contributed by atoms with Crippen LogP contribution in [-0.4, -0.2) is 40.8 Å². The fourth-order valence-corrected chi connectivity index (χ4v) is 4.20. The topological polar surface area (TPSA) is 117 Å². The van der Waals surface area contributed by atoms with Gasteiger partial charge in [-0.15, -0.1) is 0 Å². The van der Waals surface area contributed by atoms with Gasteiger partial charge >= 0.3 is 5.97 Å². The summed E-state index contributed by atoms with van der Waals surface area (Å²) >= 11 is 4.09. The van der Waals surface area contributed by atoms with Crippen LogP contribution in [0.4, 0.5) is 4.79 Å². The van der Waals surface area contributed by atoms with E-state index in [1.165, 1.54) is 13.2 Å². The van der Waals surface area contributed by atoms with Gasteiger partial charge in [-0.1, -0.05) is 18.2 Å². The largest absolute Gasteiger partial charge is 0.493 e. The molecule has 1 N–H and O–H groups in total. The molecule has 1 aliphatic heterocycles. The van der Waals surface area contributed by atoms with Crippen LogP contribution in [0.5, 0.6) is 11.5 Å². The fraction of sp³-hybridized carbons (Fsp3) is 0.143. The van der Waals surface area contributed by atoms with Crippen molar-refractivity contribution >= 4 is 50.9 Å². The summed E-state index contributed by atoms with van der Waals surface area (Å²) in [5, 5.41) is 17.4. The van der Waals surface area contributed by atoms with Crippen molar-refractivity contribution in [2.45, 2.75) is 6.61 Å². The summed E-state index contributed by atoms with van der Waals surface area (Å²) in [6, 6.07) is 12.5. The molecule has 1 aliphatic rings.